The number of pyridine rings is 2. The number of ether oxygens (including phenoxy) is 2. The first-order chi connectivity index (χ1) is 30.7. The number of aliphatic hydroxyl groups excluding tert-OH is 2. The van der Waals surface area contributed by atoms with Crippen molar-refractivity contribution in [2.45, 2.75) is 58.4 Å². The Balaban J connectivity index is 0.000000241. The summed E-state index contributed by atoms with van der Waals surface area (Å²) in [7, 11) is 0. The Bertz CT molecular complexity index is 2280. The summed E-state index contributed by atoms with van der Waals surface area (Å²) in [5.41, 5.74) is 9.38. The van der Waals surface area contributed by atoms with Crippen molar-refractivity contribution in [3.8, 4) is 11.5 Å². The molecule has 8 rings (SSSR count). The van der Waals surface area contributed by atoms with Gasteiger partial charge in [-0.05, 0) is 112 Å². The van der Waals surface area contributed by atoms with Crippen LogP contribution in [0, 0.1) is 11.8 Å². The van der Waals surface area contributed by atoms with E-state index in [2.05, 4.69) is 25.1 Å². The number of amides is 1. The van der Waals surface area contributed by atoms with Gasteiger partial charge in [-0.3, -0.25) is 14.8 Å². The summed E-state index contributed by atoms with van der Waals surface area (Å²) in [5.74, 6) is 0.267. The van der Waals surface area contributed by atoms with Crippen LogP contribution in [0.5, 0.6) is 11.5 Å². The quantitative estimate of drug-likeness (QED) is 0.111. The van der Waals surface area contributed by atoms with Gasteiger partial charge in [-0.2, -0.15) is 0 Å². The number of carboxylic acid groups (broad SMARTS) is 1. The van der Waals surface area contributed by atoms with Crippen molar-refractivity contribution in [1.82, 2.24) is 25.1 Å². The molecule has 2 aliphatic rings. The van der Waals surface area contributed by atoms with E-state index in [4.69, 9.17) is 15.2 Å². The molecule has 5 N–H and O–H groups in total. The molecule has 0 saturated carbocycles. The minimum Gasteiger partial charge on any atom is -0.550 e. The number of carboxylic acids is 1. The normalized spacial score (nSPS) is 15.4. The number of benzene rings is 4. The number of nitrogens with two attached hydrogens (primary N) is 1. The van der Waals surface area contributed by atoms with Crippen molar-refractivity contribution in [3.63, 3.8) is 0 Å². The molecule has 0 bridgehead atoms. The van der Waals surface area contributed by atoms with E-state index in [1.807, 2.05) is 121 Å². The summed E-state index contributed by atoms with van der Waals surface area (Å²) in [5, 5.41) is 36.4. The Morgan fingerprint density at radius 2 is 1.09 bits per heavy atom. The van der Waals surface area contributed by atoms with Crippen molar-refractivity contribution in [1.29, 1.82) is 0 Å². The molecule has 2 atom stereocenters. The van der Waals surface area contributed by atoms with Crippen LogP contribution in [-0.4, -0.2) is 107 Å². The number of aromatic nitrogens is 2. The molecule has 1 amide bonds. The number of nitrogens with one attached hydrogen (secondary N) is 1. The molecule has 340 valence electrons. The van der Waals surface area contributed by atoms with E-state index in [0.29, 0.717) is 57.9 Å². The number of aliphatic carboxylic acids is 1. The molecule has 0 unspecified atom stereocenters. The number of rotatable bonds is 15. The van der Waals surface area contributed by atoms with Gasteiger partial charge in [0.1, 0.15) is 36.9 Å². The third-order valence-electron chi connectivity index (χ3n) is 11.3. The van der Waals surface area contributed by atoms with Gasteiger partial charge in [-0.15, -0.1) is 0 Å². The van der Waals surface area contributed by atoms with Gasteiger partial charge in [0.2, 0.25) is 5.91 Å². The maximum absolute atomic E-state index is 12.5. The Labute approximate surface area is 395 Å². The number of piperidine rings is 2. The Hall–Kier alpha value is -5.36. The molecular formula is C51H63LiN6O7. The average molecular weight is 879 g/mol. The van der Waals surface area contributed by atoms with Crippen LogP contribution in [0.15, 0.2) is 134 Å². The summed E-state index contributed by atoms with van der Waals surface area (Å²) in [6, 6.07) is 39.0. The van der Waals surface area contributed by atoms with E-state index in [1.54, 1.807) is 12.4 Å². The Morgan fingerprint density at radius 1 is 0.646 bits per heavy atom. The molecule has 6 aromatic rings. The van der Waals surface area contributed by atoms with Gasteiger partial charge >= 0.3 is 18.9 Å². The van der Waals surface area contributed by atoms with Gasteiger partial charge < -0.3 is 50.4 Å². The molecule has 65 heavy (non-hydrogen) atoms. The predicted molar refractivity (Wildman–Crippen MR) is 249 cm³/mol. The number of carbonyl (C=O) groups excluding carboxylic acids is 2. The first-order valence-electron chi connectivity index (χ1n) is 21.8. The monoisotopic (exact) mass is 878 g/mol. The van der Waals surface area contributed by atoms with E-state index in [9.17, 15) is 24.9 Å². The second-order valence-electron chi connectivity index (χ2n) is 15.9. The molecule has 4 heterocycles. The molecule has 14 heteroatoms. The molecule has 0 radical (unpaired) electrons. The van der Waals surface area contributed by atoms with Crippen molar-refractivity contribution in [2.75, 3.05) is 52.5 Å². The molecule has 0 aliphatic carbocycles. The number of hydrogen-bond acceptors (Lipinski definition) is 12. The zero-order valence-electron chi connectivity index (χ0n) is 36.7. The largest absolute Gasteiger partial charge is 1.00 e. The number of β-amino-alcohol motifs (C(OH)–C–C–N with tert-alkyl or cyclic N) is 2. The number of hydrogen-bond donors (Lipinski definition) is 4. The van der Waals surface area contributed by atoms with E-state index >= 15 is 0 Å². The Kier molecular flexibility index (Phi) is 22.4. The summed E-state index contributed by atoms with van der Waals surface area (Å²) in [6.07, 6.45) is 5.04. The maximum Gasteiger partial charge on any atom is 1.00 e. The second-order valence-corrected chi connectivity index (χ2v) is 15.9. The van der Waals surface area contributed by atoms with Gasteiger partial charge in [-0.1, -0.05) is 80.2 Å². The smallest absolute Gasteiger partial charge is 0.550 e. The number of carbonyl (C=O) groups is 2. The van der Waals surface area contributed by atoms with Crippen LogP contribution in [-0.2, 0) is 22.7 Å². The zero-order valence-corrected chi connectivity index (χ0v) is 36.7. The van der Waals surface area contributed by atoms with Crippen LogP contribution >= 0.6 is 0 Å². The molecule has 2 aromatic heterocycles. The van der Waals surface area contributed by atoms with Gasteiger partial charge in [0.15, 0.2) is 0 Å². The topological polar surface area (TPSA) is 186 Å². The number of nitrogens with zero attached hydrogens (tertiary/aromatic N) is 4. The van der Waals surface area contributed by atoms with E-state index < -0.39 is 18.2 Å². The SMILES string of the molecule is C.NCc1ccccc1.O=C(NCc1ccccc1)C1CCN(C[C@@H](O)COc2cccc3ncccc23)CC1.O=C([O-])C1CCN(C[C@@H](O)COc2cccc3ncccc23)CC1.[Li+]. The maximum atomic E-state index is 12.5. The number of likely N-dealkylation sites (tertiary alicyclic amines) is 2. The van der Waals surface area contributed by atoms with E-state index in [0.717, 1.165) is 59.0 Å². The fourth-order valence-electron chi connectivity index (χ4n) is 7.75. The molecule has 0 spiro atoms. The zero-order chi connectivity index (χ0) is 44.2. The molecule has 2 saturated heterocycles. The Morgan fingerprint density at radius 3 is 1.52 bits per heavy atom. The third kappa shape index (κ3) is 16.9. The first kappa shape index (κ1) is 52.3. The molecule has 13 nitrogen and oxygen atoms in total. The molecule has 2 aliphatic heterocycles. The van der Waals surface area contributed by atoms with Crippen LogP contribution in [0.1, 0.15) is 44.2 Å². The predicted octanol–water partition coefficient (Wildman–Crippen LogP) is 2.22. The molecule has 2 fully saturated rings. The van der Waals surface area contributed by atoms with Gasteiger partial charge in [0.05, 0.1) is 11.0 Å². The third-order valence-corrected chi connectivity index (χ3v) is 11.3. The van der Waals surface area contributed by atoms with Gasteiger partial charge in [0, 0.05) is 67.2 Å². The summed E-state index contributed by atoms with van der Waals surface area (Å²) >= 11 is 0. The van der Waals surface area contributed by atoms with Gasteiger partial charge in [0.25, 0.3) is 0 Å². The minimum atomic E-state index is -0.969. The standard InChI is InChI=1S/C25H29N3O3.C18H22N2O4.C7H9N.CH4.Li/c29-21(18-31-24-10-4-9-23-22(24)8-5-13-26-23)17-28-14-11-20(12-15-28)25(30)27-16-19-6-2-1-3-7-19;21-14(11-20-9-6-13(7-10-20)18(22)23)12-24-17-5-1-4-16-15(17)3-2-8-19-16;8-6-7-4-2-1-3-5-7;;/h1-10,13,20-21,29H,11-12,14-18H2,(H,27,30);1-5,8,13-14,21H,6-7,9-12H2,(H,22,23);1-5H,6,8H2;1H4;/q;;;;+1/p-1/t21-;14-;;;/m11.../s1. The minimum absolute atomic E-state index is 0. The van der Waals surface area contributed by atoms with Crippen LogP contribution < -0.4 is 44.5 Å². The summed E-state index contributed by atoms with van der Waals surface area (Å²) in [6.45, 7) is 5.57. The molecular weight excluding hydrogens is 816 g/mol. The van der Waals surface area contributed by atoms with Gasteiger partial charge in [-0.25, -0.2) is 0 Å². The van der Waals surface area contributed by atoms with Crippen molar-refractivity contribution >= 4 is 33.7 Å². The summed E-state index contributed by atoms with van der Waals surface area (Å²) < 4.78 is 11.6. The second kappa shape index (κ2) is 27.8. The summed E-state index contributed by atoms with van der Waals surface area (Å²) in [4.78, 5) is 36.2. The fraction of sp³-hybridized carbons (Fsp3) is 0.373. The average Bonchev–Trinajstić information content (AvgIpc) is 3.33. The van der Waals surface area contributed by atoms with Crippen LogP contribution in [0.25, 0.3) is 21.8 Å². The van der Waals surface area contributed by atoms with E-state index in [1.165, 1.54) is 5.56 Å². The van der Waals surface area contributed by atoms with Crippen molar-refractivity contribution in [2.24, 2.45) is 17.6 Å². The van der Waals surface area contributed by atoms with E-state index in [-0.39, 0.29) is 57.2 Å². The van der Waals surface area contributed by atoms with Crippen LogP contribution in [0.4, 0.5) is 0 Å². The number of fused-ring (bicyclic) bond motifs is 2. The molecule has 4 aromatic carbocycles. The van der Waals surface area contributed by atoms with Crippen LogP contribution in [0.2, 0.25) is 0 Å². The fourth-order valence-corrected chi connectivity index (χ4v) is 7.75. The first-order valence-corrected chi connectivity index (χ1v) is 21.8. The van der Waals surface area contributed by atoms with Crippen LogP contribution in [0.3, 0.4) is 0 Å². The van der Waals surface area contributed by atoms with Crippen molar-refractivity contribution in [3.05, 3.63) is 145 Å². The number of aliphatic hydroxyl groups is 2. The van der Waals surface area contributed by atoms with Crippen molar-refractivity contribution < 1.29 is 53.2 Å².